The van der Waals surface area contributed by atoms with Gasteiger partial charge in [0.2, 0.25) is 5.88 Å². The summed E-state index contributed by atoms with van der Waals surface area (Å²) in [6, 6.07) is 5.66. The van der Waals surface area contributed by atoms with Gasteiger partial charge in [-0.25, -0.2) is 0 Å². The number of hydrogen-bond acceptors (Lipinski definition) is 4. The van der Waals surface area contributed by atoms with E-state index in [1.165, 1.54) is 0 Å². The Morgan fingerprint density at radius 3 is 3.07 bits per heavy atom. The average Bonchev–Trinajstić information content (AvgIpc) is 2.65. The number of β-amino-alcohol motifs (C(OH)–C–C–N with tert-alkyl or cyclic N) is 1. The minimum atomic E-state index is -0.219. The molecule has 0 aromatic carbocycles. The van der Waals surface area contributed by atoms with Gasteiger partial charge in [-0.05, 0) is 12.5 Å². The molecule has 2 heterocycles. The summed E-state index contributed by atoms with van der Waals surface area (Å²) >= 11 is 0. The second-order valence-corrected chi connectivity index (χ2v) is 3.43. The van der Waals surface area contributed by atoms with Gasteiger partial charge in [0.05, 0.1) is 13.2 Å². The number of aliphatic hydroxyl groups excluding tert-OH is 1. The second-order valence-electron chi connectivity index (χ2n) is 3.43. The molecule has 0 unspecified atom stereocenters. The quantitative estimate of drug-likeness (QED) is 0.751. The third-order valence-electron chi connectivity index (χ3n) is 2.41. The van der Waals surface area contributed by atoms with Crippen LogP contribution in [0.2, 0.25) is 0 Å². The summed E-state index contributed by atoms with van der Waals surface area (Å²) < 4.78 is 5.04. The molecule has 76 valence electrons. The van der Waals surface area contributed by atoms with Gasteiger partial charge in [-0.2, -0.15) is 4.98 Å². The molecule has 0 bridgehead atoms. The number of hydrogen-bond donors (Lipinski definition) is 1. The Morgan fingerprint density at radius 2 is 2.43 bits per heavy atom. The van der Waals surface area contributed by atoms with E-state index >= 15 is 0 Å². The molecule has 0 saturated carbocycles. The summed E-state index contributed by atoms with van der Waals surface area (Å²) in [5.41, 5.74) is 0. The smallest absolute Gasteiger partial charge is 0.214 e. The normalized spacial score (nSPS) is 21.3. The molecule has 1 N–H and O–H groups in total. The van der Waals surface area contributed by atoms with Gasteiger partial charge in [-0.1, -0.05) is 6.07 Å². The number of methoxy groups -OCH3 is 1. The second kappa shape index (κ2) is 3.84. The maximum absolute atomic E-state index is 9.39. The van der Waals surface area contributed by atoms with Crippen molar-refractivity contribution in [2.75, 3.05) is 25.1 Å². The van der Waals surface area contributed by atoms with Crippen LogP contribution < -0.4 is 9.64 Å². The molecule has 1 aliphatic heterocycles. The fourth-order valence-corrected chi connectivity index (χ4v) is 1.64. The highest BCUT2D eigenvalue weighted by Gasteiger charge is 2.21. The maximum Gasteiger partial charge on any atom is 0.214 e. The summed E-state index contributed by atoms with van der Waals surface area (Å²) in [5.74, 6) is 1.49. The van der Waals surface area contributed by atoms with Gasteiger partial charge >= 0.3 is 0 Å². The molecule has 1 atom stereocenters. The molecule has 0 amide bonds. The fourth-order valence-electron chi connectivity index (χ4n) is 1.64. The van der Waals surface area contributed by atoms with Crippen LogP contribution in [0.25, 0.3) is 0 Å². The third-order valence-corrected chi connectivity index (χ3v) is 2.41. The molecule has 0 spiro atoms. The van der Waals surface area contributed by atoms with E-state index in [0.29, 0.717) is 12.4 Å². The molecular weight excluding hydrogens is 180 g/mol. The Hall–Kier alpha value is -1.29. The molecule has 1 aromatic heterocycles. The van der Waals surface area contributed by atoms with Crippen molar-refractivity contribution in [3.05, 3.63) is 18.2 Å². The van der Waals surface area contributed by atoms with Gasteiger partial charge in [-0.3, -0.25) is 0 Å². The van der Waals surface area contributed by atoms with Crippen LogP contribution in [0.4, 0.5) is 5.82 Å². The van der Waals surface area contributed by atoms with Gasteiger partial charge < -0.3 is 14.7 Å². The topological polar surface area (TPSA) is 45.6 Å². The van der Waals surface area contributed by atoms with E-state index in [2.05, 4.69) is 9.88 Å². The van der Waals surface area contributed by atoms with E-state index in [0.717, 1.165) is 18.8 Å². The van der Waals surface area contributed by atoms with Crippen molar-refractivity contribution < 1.29 is 9.84 Å². The standard InChI is InChI=1S/C10H14N2O2/c1-14-10-4-2-3-9(11-10)12-6-5-8(13)7-12/h2-4,8,13H,5-7H2,1H3/t8-/m0/s1. The van der Waals surface area contributed by atoms with E-state index < -0.39 is 0 Å². The predicted molar refractivity (Wildman–Crippen MR) is 53.6 cm³/mol. The summed E-state index contributed by atoms with van der Waals surface area (Å²) in [6.45, 7) is 1.53. The molecule has 0 radical (unpaired) electrons. The van der Waals surface area contributed by atoms with E-state index in [-0.39, 0.29) is 6.10 Å². The summed E-state index contributed by atoms with van der Waals surface area (Å²) in [6.07, 6.45) is 0.599. The summed E-state index contributed by atoms with van der Waals surface area (Å²) in [7, 11) is 1.60. The van der Waals surface area contributed by atoms with Crippen molar-refractivity contribution in [3.8, 4) is 5.88 Å². The molecule has 1 saturated heterocycles. The molecular formula is C10H14N2O2. The van der Waals surface area contributed by atoms with E-state index in [4.69, 9.17) is 4.74 Å². The number of aliphatic hydroxyl groups is 1. The zero-order chi connectivity index (χ0) is 9.97. The molecule has 1 aromatic rings. The highest BCUT2D eigenvalue weighted by Crippen LogP contribution is 2.20. The molecule has 4 heteroatoms. The zero-order valence-electron chi connectivity index (χ0n) is 8.18. The monoisotopic (exact) mass is 194 g/mol. The first-order chi connectivity index (χ1) is 6.79. The van der Waals surface area contributed by atoms with E-state index in [1.807, 2.05) is 18.2 Å². The number of pyridine rings is 1. The van der Waals surface area contributed by atoms with Gasteiger partial charge in [0.15, 0.2) is 0 Å². The number of nitrogens with zero attached hydrogens (tertiary/aromatic N) is 2. The zero-order valence-corrected chi connectivity index (χ0v) is 8.18. The van der Waals surface area contributed by atoms with Gasteiger partial charge in [-0.15, -0.1) is 0 Å². The van der Waals surface area contributed by atoms with Crippen molar-refractivity contribution in [1.82, 2.24) is 4.98 Å². The lowest BCUT2D eigenvalue weighted by Crippen LogP contribution is -2.22. The van der Waals surface area contributed by atoms with Crippen LogP contribution >= 0.6 is 0 Å². The Morgan fingerprint density at radius 1 is 1.57 bits per heavy atom. The van der Waals surface area contributed by atoms with Crippen molar-refractivity contribution >= 4 is 5.82 Å². The average molecular weight is 194 g/mol. The maximum atomic E-state index is 9.39. The summed E-state index contributed by atoms with van der Waals surface area (Å²) in [4.78, 5) is 6.36. The number of anilines is 1. The molecule has 1 fully saturated rings. The van der Waals surface area contributed by atoms with Crippen molar-refractivity contribution in [2.24, 2.45) is 0 Å². The fraction of sp³-hybridized carbons (Fsp3) is 0.500. The van der Waals surface area contributed by atoms with Crippen molar-refractivity contribution in [2.45, 2.75) is 12.5 Å². The Bertz CT molecular complexity index is 317. The van der Waals surface area contributed by atoms with Gasteiger partial charge in [0.25, 0.3) is 0 Å². The summed E-state index contributed by atoms with van der Waals surface area (Å²) in [5, 5.41) is 9.39. The third kappa shape index (κ3) is 1.80. The lowest BCUT2D eigenvalue weighted by molar-refractivity contribution is 0.198. The van der Waals surface area contributed by atoms with Crippen LogP contribution in [0.15, 0.2) is 18.2 Å². The van der Waals surface area contributed by atoms with Crippen LogP contribution in [-0.4, -0.2) is 36.4 Å². The van der Waals surface area contributed by atoms with Crippen LogP contribution in [0, 0.1) is 0 Å². The lowest BCUT2D eigenvalue weighted by atomic mass is 10.3. The van der Waals surface area contributed by atoms with Crippen molar-refractivity contribution in [1.29, 1.82) is 0 Å². The van der Waals surface area contributed by atoms with Gasteiger partial charge in [0, 0.05) is 19.2 Å². The largest absolute Gasteiger partial charge is 0.481 e. The minimum absolute atomic E-state index is 0.219. The number of aromatic nitrogens is 1. The highest BCUT2D eigenvalue weighted by atomic mass is 16.5. The molecule has 0 aliphatic carbocycles. The van der Waals surface area contributed by atoms with Crippen LogP contribution in [0.3, 0.4) is 0 Å². The van der Waals surface area contributed by atoms with E-state index in [1.54, 1.807) is 7.11 Å². The van der Waals surface area contributed by atoms with Crippen molar-refractivity contribution in [3.63, 3.8) is 0 Å². The predicted octanol–water partition coefficient (Wildman–Crippen LogP) is 0.661. The minimum Gasteiger partial charge on any atom is -0.481 e. The van der Waals surface area contributed by atoms with E-state index in [9.17, 15) is 5.11 Å². The molecule has 2 rings (SSSR count). The van der Waals surface area contributed by atoms with Crippen LogP contribution in [-0.2, 0) is 0 Å². The first kappa shape index (κ1) is 9.27. The Kier molecular flexibility index (Phi) is 2.54. The lowest BCUT2D eigenvalue weighted by Gasteiger charge is -2.16. The Balaban J connectivity index is 2.15. The van der Waals surface area contributed by atoms with Crippen LogP contribution in [0.5, 0.6) is 5.88 Å². The molecule has 4 nitrogen and oxygen atoms in total. The number of ether oxygens (including phenoxy) is 1. The number of rotatable bonds is 2. The van der Waals surface area contributed by atoms with Gasteiger partial charge in [0.1, 0.15) is 5.82 Å². The Labute approximate surface area is 83.1 Å². The SMILES string of the molecule is COc1cccc(N2CC[C@H](O)C2)n1. The molecule has 14 heavy (non-hydrogen) atoms. The molecule has 1 aliphatic rings. The first-order valence-electron chi connectivity index (χ1n) is 4.73. The van der Waals surface area contributed by atoms with Crippen LogP contribution in [0.1, 0.15) is 6.42 Å². The highest BCUT2D eigenvalue weighted by molar-refractivity contribution is 5.41. The first-order valence-corrected chi connectivity index (χ1v) is 4.73.